The van der Waals surface area contributed by atoms with Crippen LogP contribution in [-0.2, 0) is 13.2 Å². The summed E-state index contributed by atoms with van der Waals surface area (Å²) in [6.45, 7) is 0.461. The van der Waals surface area contributed by atoms with Gasteiger partial charge in [-0.25, -0.2) is 0 Å². The second kappa shape index (κ2) is 5.88. The largest absolute Gasteiger partial charge is 0.392 e. The third kappa shape index (κ3) is 3.11. The molecule has 2 aromatic rings. The number of aromatic nitrogens is 2. The quantitative estimate of drug-likeness (QED) is 0.836. The minimum Gasteiger partial charge on any atom is -0.392 e. The van der Waals surface area contributed by atoms with E-state index in [1.54, 1.807) is 6.07 Å². The second-order valence-corrected chi connectivity index (χ2v) is 3.79. The van der Waals surface area contributed by atoms with Crippen molar-refractivity contribution in [3.8, 4) is 0 Å². The van der Waals surface area contributed by atoms with Crippen LogP contribution in [0, 0.1) is 0 Å². The van der Waals surface area contributed by atoms with Crippen LogP contribution in [0.15, 0.2) is 42.7 Å². The molecule has 5 heteroatoms. The van der Waals surface area contributed by atoms with Gasteiger partial charge >= 0.3 is 0 Å². The Bertz CT molecular complexity index is 512. The Morgan fingerprint density at radius 3 is 2.44 bits per heavy atom. The molecule has 2 N–H and O–H groups in total. The summed E-state index contributed by atoms with van der Waals surface area (Å²) in [4.78, 5) is 11.7. The van der Waals surface area contributed by atoms with E-state index in [-0.39, 0.29) is 12.5 Å². The number of aliphatic hydroxyl groups excluding tert-OH is 1. The highest BCUT2D eigenvalue weighted by Gasteiger charge is 2.04. The van der Waals surface area contributed by atoms with Crippen LogP contribution in [0.3, 0.4) is 0 Å². The molecule has 0 atom stereocenters. The number of nitrogens with zero attached hydrogens (tertiary/aromatic N) is 2. The highest BCUT2D eigenvalue weighted by atomic mass is 16.3. The van der Waals surface area contributed by atoms with Crippen LogP contribution in [0.4, 0.5) is 0 Å². The molecular formula is C13H13N3O2. The van der Waals surface area contributed by atoms with Gasteiger partial charge in [-0.05, 0) is 17.2 Å². The van der Waals surface area contributed by atoms with E-state index < -0.39 is 0 Å². The smallest absolute Gasteiger partial charge is 0.253 e. The number of rotatable bonds is 4. The first-order valence-corrected chi connectivity index (χ1v) is 5.53. The summed E-state index contributed by atoms with van der Waals surface area (Å²) in [5.74, 6) is -0.184. The summed E-state index contributed by atoms with van der Waals surface area (Å²) in [6, 6.07) is 9.01. The van der Waals surface area contributed by atoms with E-state index in [4.69, 9.17) is 5.11 Å². The van der Waals surface area contributed by atoms with E-state index in [0.29, 0.717) is 12.1 Å². The fourth-order valence-corrected chi connectivity index (χ4v) is 1.47. The SMILES string of the molecule is O=C(NCc1ccc(CO)cc1)c1ccnnc1. The molecule has 5 nitrogen and oxygen atoms in total. The van der Waals surface area contributed by atoms with Crippen LogP contribution in [0.1, 0.15) is 21.5 Å². The highest BCUT2D eigenvalue weighted by molar-refractivity contribution is 5.93. The maximum atomic E-state index is 11.7. The van der Waals surface area contributed by atoms with Crippen LogP contribution in [0.2, 0.25) is 0 Å². The summed E-state index contributed by atoms with van der Waals surface area (Å²) in [7, 11) is 0. The normalized spacial score (nSPS) is 10.1. The summed E-state index contributed by atoms with van der Waals surface area (Å²) < 4.78 is 0. The van der Waals surface area contributed by atoms with E-state index in [1.807, 2.05) is 24.3 Å². The zero-order chi connectivity index (χ0) is 12.8. The van der Waals surface area contributed by atoms with E-state index in [1.165, 1.54) is 12.4 Å². The molecule has 0 aliphatic carbocycles. The number of hydrogen-bond donors (Lipinski definition) is 2. The lowest BCUT2D eigenvalue weighted by Gasteiger charge is -2.05. The zero-order valence-corrected chi connectivity index (χ0v) is 9.71. The Morgan fingerprint density at radius 2 is 1.83 bits per heavy atom. The van der Waals surface area contributed by atoms with Crippen LogP contribution < -0.4 is 5.32 Å². The number of amides is 1. The molecule has 0 saturated carbocycles. The third-order valence-corrected chi connectivity index (χ3v) is 2.51. The summed E-state index contributed by atoms with van der Waals surface area (Å²) in [6.07, 6.45) is 2.90. The number of benzene rings is 1. The molecule has 0 unspecified atom stereocenters. The van der Waals surface area contributed by atoms with E-state index in [2.05, 4.69) is 15.5 Å². The van der Waals surface area contributed by atoms with Gasteiger partial charge in [-0.2, -0.15) is 10.2 Å². The van der Waals surface area contributed by atoms with E-state index in [0.717, 1.165) is 11.1 Å². The van der Waals surface area contributed by atoms with Gasteiger partial charge in [0, 0.05) is 6.54 Å². The van der Waals surface area contributed by atoms with Crippen molar-refractivity contribution in [1.82, 2.24) is 15.5 Å². The molecule has 1 amide bonds. The average Bonchev–Trinajstić information content (AvgIpc) is 2.46. The van der Waals surface area contributed by atoms with Gasteiger partial charge in [-0.3, -0.25) is 4.79 Å². The van der Waals surface area contributed by atoms with Crippen molar-refractivity contribution in [2.45, 2.75) is 13.2 Å². The van der Waals surface area contributed by atoms with Gasteiger partial charge in [0.05, 0.1) is 24.6 Å². The molecule has 0 aliphatic heterocycles. The number of nitrogens with one attached hydrogen (secondary N) is 1. The third-order valence-electron chi connectivity index (χ3n) is 2.51. The Balaban J connectivity index is 1.93. The van der Waals surface area contributed by atoms with Crippen molar-refractivity contribution in [3.63, 3.8) is 0 Å². The molecule has 18 heavy (non-hydrogen) atoms. The lowest BCUT2D eigenvalue weighted by molar-refractivity contribution is 0.0950. The number of hydrogen-bond acceptors (Lipinski definition) is 4. The Kier molecular flexibility index (Phi) is 3.98. The molecule has 0 bridgehead atoms. The minimum atomic E-state index is -0.184. The summed E-state index contributed by atoms with van der Waals surface area (Å²) >= 11 is 0. The number of aliphatic hydroxyl groups is 1. The number of carbonyl (C=O) groups is 1. The lowest BCUT2D eigenvalue weighted by atomic mass is 10.1. The van der Waals surface area contributed by atoms with Gasteiger partial charge in [0.25, 0.3) is 5.91 Å². The van der Waals surface area contributed by atoms with Crippen molar-refractivity contribution in [2.24, 2.45) is 0 Å². The molecule has 92 valence electrons. The van der Waals surface area contributed by atoms with Gasteiger partial charge in [-0.1, -0.05) is 24.3 Å². The Morgan fingerprint density at radius 1 is 1.11 bits per heavy atom. The maximum Gasteiger partial charge on any atom is 0.253 e. The zero-order valence-electron chi connectivity index (χ0n) is 9.71. The lowest BCUT2D eigenvalue weighted by Crippen LogP contribution is -2.22. The molecule has 0 spiro atoms. The molecule has 0 radical (unpaired) electrons. The van der Waals surface area contributed by atoms with Gasteiger partial charge in [-0.15, -0.1) is 0 Å². The van der Waals surface area contributed by atoms with Gasteiger partial charge in [0.15, 0.2) is 0 Å². The fourth-order valence-electron chi connectivity index (χ4n) is 1.47. The Hall–Kier alpha value is -2.27. The standard InChI is InChI=1S/C13H13N3O2/c17-9-11-3-1-10(2-4-11)7-14-13(18)12-5-6-15-16-8-12/h1-6,8,17H,7,9H2,(H,14,18). The predicted octanol–water partition coefficient (Wildman–Crippen LogP) is 0.899. The van der Waals surface area contributed by atoms with Gasteiger partial charge < -0.3 is 10.4 Å². The first-order valence-electron chi connectivity index (χ1n) is 5.53. The fraction of sp³-hybridized carbons (Fsp3) is 0.154. The van der Waals surface area contributed by atoms with Crippen molar-refractivity contribution in [1.29, 1.82) is 0 Å². The highest BCUT2D eigenvalue weighted by Crippen LogP contribution is 2.04. The second-order valence-electron chi connectivity index (χ2n) is 3.79. The van der Waals surface area contributed by atoms with Gasteiger partial charge in [0.1, 0.15) is 0 Å². The van der Waals surface area contributed by atoms with Gasteiger partial charge in [0.2, 0.25) is 0 Å². The average molecular weight is 243 g/mol. The van der Waals surface area contributed by atoms with Crippen LogP contribution in [-0.4, -0.2) is 21.2 Å². The van der Waals surface area contributed by atoms with Crippen LogP contribution in [0.25, 0.3) is 0 Å². The molecule has 0 fully saturated rings. The molecule has 0 saturated heterocycles. The predicted molar refractivity (Wildman–Crippen MR) is 65.6 cm³/mol. The first kappa shape index (κ1) is 12.2. The monoisotopic (exact) mass is 243 g/mol. The van der Waals surface area contributed by atoms with Crippen molar-refractivity contribution >= 4 is 5.91 Å². The van der Waals surface area contributed by atoms with E-state index in [9.17, 15) is 4.79 Å². The summed E-state index contributed by atoms with van der Waals surface area (Å²) in [5, 5.41) is 19.0. The van der Waals surface area contributed by atoms with Crippen molar-refractivity contribution in [2.75, 3.05) is 0 Å². The number of carbonyl (C=O) groups excluding carboxylic acids is 1. The Labute approximate surface area is 104 Å². The van der Waals surface area contributed by atoms with Crippen molar-refractivity contribution in [3.05, 3.63) is 59.4 Å². The molecule has 1 aromatic heterocycles. The van der Waals surface area contributed by atoms with Crippen LogP contribution >= 0.6 is 0 Å². The molecule has 2 rings (SSSR count). The molecule has 1 aromatic carbocycles. The summed E-state index contributed by atoms with van der Waals surface area (Å²) in [5.41, 5.74) is 2.31. The maximum absolute atomic E-state index is 11.7. The molecule has 0 aliphatic rings. The first-order chi connectivity index (χ1) is 8.79. The van der Waals surface area contributed by atoms with Crippen molar-refractivity contribution < 1.29 is 9.90 Å². The topological polar surface area (TPSA) is 75.1 Å². The van der Waals surface area contributed by atoms with Crippen LogP contribution in [0.5, 0.6) is 0 Å². The minimum absolute atomic E-state index is 0.0231. The molecule has 1 heterocycles. The van der Waals surface area contributed by atoms with E-state index >= 15 is 0 Å². The molecular weight excluding hydrogens is 230 g/mol.